The molecule has 0 spiro atoms. The van der Waals surface area contributed by atoms with E-state index in [2.05, 4.69) is 5.32 Å². The van der Waals surface area contributed by atoms with E-state index in [9.17, 15) is 13.2 Å². The predicted molar refractivity (Wildman–Crippen MR) is 128 cm³/mol. The molecule has 0 unspecified atom stereocenters. The van der Waals surface area contributed by atoms with Gasteiger partial charge < -0.3 is 14.8 Å². The lowest BCUT2D eigenvalue weighted by atomic mass is 10.2. The zero-order valence-corrected chi connectivity index (χ0v) is 20.1. The van der Waals surface area contributed by atoms with E-state index in [0.717, 1.165) is 9.87 Å². The number of aryl methyl sites for hydroxylation is 1. The van der Waals surface area contributed by atoms with Crippen LogP contribution in [0.15, 0.2) is 71.6 Å². The summed E-state index contributed by atoms with van der Waals surface area (Å²) in [5, 5.41) is 3.11. The Kier molecular flexibility index (Phi) is 7.97. The van der Waals surface area contributed by atoms with Gasteiger partial charge in [-0.2, -0.15) is 4.31 Å². The van der Waals surface area contributed by atoms with Crippen LogP contribution in [-0.2, 0) is 21.4 Å². The number of nitrogens with one attached hydrogen (secondary N) is 1. The number of hydrogen-bond acceptors (Lipinski definition) is 5. The smallest absolute Gasteiger partial charge is 0.243 e. The Balaban J connectivity index is 1.92. The summed E-state index contributed by atoms with van der Waals surface area (Å²) in [6.07, 6.45) is 0. The minimum absolute atomic E-state index is 0.0222. The molecule has 33 heavy (non-hydrogen) atoms. The molecule has 0 heterocycles. The van der Waals surface area contributed by atoms with Crippen LogP contribution < -0.4 is 14.8 Å². The monoisotopic (exact) mass is 488 g/mol. The van der Waals surface area contributed by atoms with Crippen LogP contribution in [0.1, 0.15) is 11.1 Å². The average Bonchev–Trinajstić information content (AvgIpc) is 2.79. The molecule has 7 nitrogen and oxygen atoms in total. The van der Waals surface area contributed by atoms with Crippen LogP contribution in [0, 0.1) is 6.92 Å². The molecule has 1 N–H and O–H groups in total. The number of benzene rings is 3. The molecule has 3 rings (SSSR count). The van der Waals surface area contributed by atoms with Crippen LogP contribution in [0.5, 0.6) is 11.5 Å². The van der Waals surface area contributed by atoms with Crippen molar-refractivity contribution in [1.82, 2.24) is 4.31 Å². The highest BCUT2D eigenvalue weighted by molar-refractivity contribution is 7.89. The molecule has 0 saturated carbocycles. The van der Waals surface area contributed by atoms with Crippen molar-refractivity contribution >= 4 is 33.2 Å². The summed E-state index contributed by atoms with van der Waals surface area (Å²) in [5.41, 5.74) is 1.78. The Bertz CT molecular complexity index is 1230. The van der Waals surface area contributed by atoms with Gasteiger partial charge in [0.25, 0.3) is 0 Å². The van der Waals surface area contributed by atoms with E-state index in [-0.39, 0.29) is 11.4 Å². The highest BCUT2D eigenvalue weighted by atomic mass is 35.5. The van der Waals surface area contributed by atoms with Crippen LogP contribution >= 0.6 is 11.6 Å². The molecule has 0 bridgehead atoms. The number of hydrogen-bond donors (Lipinski definition) is 1. The standard InChI is InChI=1S/C24H25ClN2O5S/c1-17-13-20(10-12-22(17)31-2)33(29,30)27(15-18-7-5-4-6-8-18)16-24(28)26-21-14-19(25)9-11-23(21)32-3/h4-14H,15-16H2,1-3H3,(H,26,28). The van der Waals surface area contributed by atoms with Crippen LogP contribution in [-0.4, -0.2) is 39.4 Å². The largest absolute Gasteiger partial charge is 0.496 e. The second kappa shape index (κ2) is 10.7. The van der Waals surface area contributed by atoms with Gasteiger partial charge in [0.1, 0.15) is 11.5 Å². The van der Waals surface area contributed by atoms with Gasteiger partial charge in [0.15, 0.2) is 0 Å². The Morgan fingerprint density at radius 1 is 0.970 bits per heavy atom. The van der Waals surface area contributed by atoms with Crippen molar-refractivity contribution in [2.24, 2.45) is 0 Å². The molecular formula is C24H25ClN2O5S. The lowest BCUT2D eigenvalue weighted by Gasteiger charge is -2.23. The minimum atomic E-state index is -4.00. The number of methoxy groups -OCH3 is 2. The molecule has 0 aliphatic heterocycles. The maximum absolute atomic E-state index is 13.5. The number of carbonyl (C=O) groups excluding carboxylic acids is 1. The van der Waals surface area contributed by atoms with Gasteiger partial charge in [0, 0.05) is 11.6 Å². The maximum Gasteiger partial charge on any atom is 0.243 e. The lowest BCUT2D eigenvalue weighted by Crippen LogP contribution is -2.37. The third-order valence-electron chi connectivity index (χ3n) is 4.96. The van der Waals surface area contributed by atoms with Crippen LogP contribution in [0.25, 0.3) is 0 Å². The summed E-state index contributed by atoms with van der Waals surface area (Å²) in [7, 11) is -1.01. The van der Waals surface area contributed by atoms with Crippen LogP contribution in [0.4, 0.5) is 5.69 Å². The van der Waals surface area contributed by atoms with E-state index < -0.39 is 22.5 Å². The van der Waals surface area contributed by atoms with Crippen LogP contribution in [0.3, 0.4) is 0 Å². The second-order valence-corrected chi connectivity index (χ2v) is 9.66. The van der Waals surface area contributed by atoms with Gasteiger partial charge in [-0.1, -0.05) is 41.9 Å². The van der Waals surface area contributed by atoms with Gasteiger partial charge in [0.2, 0.25) is 15.9 Å². The topological polar surface area (TPSA) is 84.9 Å². The number of halogens is 1. The highest BCUT2D eigenvalue weighted by Crippen LogP contribution is 2.28. The van der Waals surface area contributed by atoms with E-state index in [4.69, 9.17) is 21.1 Å². The lowest BCUT2D eigenvalue weighted by molar-refractivity contribution is -0.116. The number of sulfonamides is 1. The third kappa shape index (κ3) is 6.04. The molecule has 9 heteroatoms. The first-order chi connectivity index (χ1) is 15.7. The van der Waals surface area contributed by atoms with Crippen LogP contribution in [0.2, 0.25) is 5.02 Å². The SMILES string of the molecule is COc1ccc(S(=O)(=O)N(CC(=O)Nc2cc(Cl)ccc2OC)Cc2ccccc2)cc1C. The zero-order chi connectivity index (χ0) is 24.0. The number of nitrogens with zero attached hydrogens (tertiary/aromatic N) is 1. The summed E-state index contributed by atoms with van der Waals surface area (Å²) in [6, 6.07) is 18.5. The summed E-state index contributed by atoms with van der Waals surface area (Å²) in [5.74, 6) is 0.464. The van der Waals surface area contributed by atoms with Crippen molar-refractivity contribution in [3.63, 3.8) is 0 Å². The normalized spacial score (nSPS) is 11.3. The number of ether oxygens (including phenoxy) is 2. The zero-order valence-electron chi connectivity index (χ0n) is 18.5. The molecule has 0 aromatic heterocycles. The number of carbonyl (C=O) groups is 1. The van der Waals surface area contributed by atoms with E-state index >= 15 is 0 Å². The molecule has 0 radical (unpaired) electrons. The first-order valence-electron chi connectivity index (χ1n) is 10.1. The predicted octanol–water partition coefficient (Wildman–Crippen LogP) is 4.50. The molecule has 0 saturated heterocycles. The fourth-order valence-electron chi connectivity index (χ4n) is 3.30. The van der Waals surface area contributed by atoms with E-state index in [1.807, 2.05) is 18.2 Å². The summed E-state index contributed by atoms with van der Waals surface area (Å²) in [4.78, 5) is 13.0. The maximum atomic E-state index is 13.5. The van der Waals surface area contributed by atoms with Gasteiger partial charge in [-0.15, -0.1) is 0 Å². The van der Waals surface area contributed by atoms with Crippen molar-refractivity contribution in [3.05, 3.63) is 82.9 Å². The number of rotatable bonds is 9. The van der Waals surface area contributed by atoms with Crippen molar-refractivity contribution in [2.45, 2.75) is 18.4 Å². The average molecular weight is 489 g/mol. The fraction of sp³-hybridized carbons (Fsp3) is 0.208. The Morgan fingerprint density at radius 3 is 2.27 bits per heavy atom. The van der Waals surface area contributed by atoms with Gasteiger partial charge in [-0.3, -0.25) is 4.79 Å². The molecule has 174 valence electrons. The highest BCUT2D eigenvalue weighted by Gasteiger charge is 2.28. The van der Waals surface area contributed by atoms with E-state index in [1.54, 1.807) is 43.3 Å². The summed E-state index contributed by atoms with van der Waals surface area (Å²) in [6.45, 7) is 1.38. The molecule has 0 aliphatic rings. The van der Waals surface area contributed by atoms with Gasteiger partial charge in [-0.05, 0) is 54.4 Å². The molecule has 1 amide bonds. The first-order valence-corrected chi connectivity index (χ1v) is 11.9. The molecule has 3 aromatic carbocycles. The van der Waals surface area contributed by atoms with Gasteiger partial charge in [-0.25, -0.2) is 8.42 Å². The van der Waals surface area contributed by atoms with E-state index in [0.29, 0.717) is 27.8 Å². The second-order valence-electron chi connectivity index (χ2n) is 7.28. The Labute approximate surface area is 198 Å². The van der Waals surface area contributed by atoms with Crippen molar-refractivity contribution in [2.75, 3.05) is 26.1 Å². The summed E-state index contributed by atoms with van der Waals surface area (Å²) >= 11 is 6.04. The molecule has 0 aliphatic carbocycles. The van der Waals surface area contributed by atoms with Gasteiger partial charge in [0.05, 0.1) is 31.3 Å². The summed E-state index contributed by atoms with van der Waals surface area (Å²) < 4.78 is 38.7. The minimum Gasteiger partial charge on any atom is -0.496 e. The third-order valence-corrected chi connectivity index (χ3v) is 6.98. The number of amides is 1. The molecular weight excluding hydrogens is 464 g/mol. The number of anilines is 1. The molecule has 3 aromatic rings. The first kappa shape index (κ1) is 24.6. The Hall–Kier alpha value is -3.07. The van der Waals surface area contributed by atoms with Crippen molar-refractivity contribution in [1.29, 1.82) is 0 Å². The van der Waals surface area contributed by atoms with Gasteiger partial charge >= 0.3 is 0 Å². The molecule has 0 atom stereocenters. The van der Waals surface area contributed by atoms with Crippen molar-refractivity contribution < 1.29 is 22.7 Å². The fourth-order valence-corrected chi connectivity index (χ4v) is 4.94. The van der Waals surface area contributed by atoms with Crippen molar-refractivity contribution in [3.8, 4) is 11.5 Å². The molecule has 0 fully saturated rings. The quantitative estimate of drug-likeness (QED) is 0.479. The Morgan fingerprint density at radius 2 is 1.64 bits per heavy atom. The van der Waals surface area contributed by atoms with E-state index in [1.165, 1.54) is 26.4 Å².